The molecule has 24 heavy (non-hydrogen) atoms. The second-order valence-corrected chi connectivity index (χ2v) is 6.90. The summed E-state index contributed by atoms with van der Waals surface area (Å²) >= 11 is 1.58. The van der Waals surface area contributed by atoms with Crippen molar-refractivity contribution in [1.29, 1.82) is 0 Å². The van der Waals surface area contributed by atoms with E-state index in [4.69, 9.17) is 0 Å². The zero-order valence-electron chi connectivity index (χ0n) is 13.9. The Bertz CT molecular complexity index is 750. The van der Waals surface area contributed by atoms with Gasteiger partial charge in [0.1, 0.15) is 0 Å². The lowest BCUT2D eigenvalue weighted by molar-refractivity contribution is -0.121. The summed E-state index contributed by atoms with van der Waals surface area (Å²) in [6.45, 7) is 2.19. The number of hydrogen-bond acceptors (Lipinski definition) is 3. The molecule has 3 aromatic rings. The summed E-state index contributed by atoms with van der Waals surface area (Å²) in [5, 5.41) is 5.18. The van der Waals surface area contributed by atoms with Crippen LogP contribution in [0.2, 0.25) is 0 Å². The van der Waals surface area contributed by atoms with Gasteiger partial charge >= 0.3 is 0 Å². The maximum absolute atomic E-state index is 12.5. The Balaban J connectivity index is 1.64. The van der Waals surface area contributed by atoms with Crippen LogP contribution in [0.15, 0.2) is 48.1 Å². The number of thiazole rings is 1. The fraction of sp³-hybridized carbons (Fsp3) is 0.368. The van der Waals surface area contributed by atoms with E-state index in [0.29, 0.717) is 6.42 Å². The summed E-state index contributed by atoms with van der Waals surface area (Å²) in [4.78, 5) is 17.9. The number of aromatic nitrogens is 2. The second-order valence-electron chi connectivity index (χ2n) is 6.03. The lowest BCUT2D eigenvalue weighted by atomic mass is 10.00. The summed E-state index contributed by atoms with van der Waals surface area (Å²) in [5.41, 5.74) is 1.99. The highest BCUT2D eigenvalue weighted by Crippen LogP contribution is 2.20. The van der Waals surface area contributed by atoms with E-state index in [1.165, 1.54) is 18.4 Å². The predicted octanol–water partition coefficient (Wildman–Crippen LogP) is 4.38. The number of nitrogens with one attached hydrogen (secondary N) is 1. The van der Waals surface area contributed by atoms with E-state index in [0.717, 1.165) is 23.5 Å². The van der Waals surface area contributed by atoms with Gasteiger partial charge < -0.3 is 5.32 Å². The molecule has 0 aliphatic carbocycles. The molecular formula is C19H23N3OS. The summed E-state index contributed by atoms with van der Waals surface area (Å²) in [6, 6.07) is 10.3. The number of benzene rings is 1. The molecule has 1 amide bonds. The van der Waals surface area contributed by atoms with Gasteiger partial charge in [-0.1, -0.05) is 56.5 Å². The lowest BCUT2D eigenvalue weighted by Gasteiger charge is -2.19. The minimum absolute atomic E-state index is 0.0334. The Labute approximate surface area is 146 Å². The highest BCUT2D eigenvalue weighted by molar-refractivity contribution is 7.15. The van der Waals surface area contributed by atoms with Crippen LogP contribution in [0, 0.1) is 0 Å². The Hall–Kier alpha value is -2.14. The largest absolute Gasteiger partial charge is 0.349 e. The van der Waals surface area contributed by atoms with Crippen LogP contribution in [-0.2, 0) is 11.2 Å². The van der Waals surface area contributed by atoms with E-state index < -0.39 is 0 Å². The second kappa shape index (κ2) is 8.11. The third-order valence-corrected chi connectivity index (χ3v) is 4.89. The average Bonchev–Trinajstić information content (AvgIpc) is 3.16. The van der Waals surface area contributed by atoms with E-state index in [1.807, 2.05) is 40.4 Å². The Morgan fingerprint density at radius 1 is 1.29 bits per heavy atom. The zero-order valence-corrected chi connectivity index (χ0v) is 14.8. The first kappa shape index (κ1) is 16.7. The van der Waals surface area contributed by atoms with Crippen molar-refractivity contribution >= 4 is 22.2 Å². The number of imidazole rings is 1. The first-order valence-electron chi connectivity index (χ1n) is 8.51. The minimum atomic E-state index is 0.0334. The number of rotatable bonds is 8. The number of carbonyl (C=O) groups excluding carboxylic acids is 1. The Kier molecular flexibility index (Phi) is 5.64. The molecule has 0 bridgehead atoms. The first-order valence-corrected chi connectivity index (χ1v) is 9.39. The smallest absolute Gasteiger partial charge is 0.226 e. The maximum Gasteiger partial charge on any atom is 0.226 e. The molecule has 0 fully saturated rings. The quantitative estimate of drug-likeness (QED) is 0.618. The van der Waals surface area contributed by atoms with Crippen LogP contribution in [0.4, 0.5) is 0 Å². The molecule has 1 unspecified atom stereocenters. The highest BCUT2D eigenvalue weighted by atomic mass is 32.1. The summed E-state index contributed by atoms with van der Waals surface area (Å²) in [7, 11) is 0. The van der Waals surface area contributed by atoms with Crippen molar-refractivity contribution in [2.24, 2.45) is 0 Å². The molecule has 0 aliphatic rings. The molecule has 0 saturated carbocycles. The Morgan fingerprint density at radius 2 is 2.12 bits per heavy atom. The fourth-order valence-electron chi connectivity index (χ4n) is 2.88. The van der Waals surface area contributed by atoms with E-state index in [9.17, 15) is 4.79 Å². The van der Waals surface area contributed by atoms with Crippen molar-refractivity contribution in [1.82, 2.24) is 14.7 Å². The van der Waals surface area contributed by atoms with Gasteiger partial charge in [0.05, 0.1) is 18.2 Å². The molecule has 1 N–H and O–H groups in total. The number of fused-ring (bicyclic) bond motifs is 1. The molecule has 0 spiro atoms. The van der Waals surface area contributed by atoms with Crippen LogP contribution in [0.1, 0.15) is 49.9 Å². The van der Waals surface area contributed by atoms with Gasteiger partial charge in [0, 0.05) is 17.8 Å². The molecule has 2 aromatic heterocycles. The van der Waals surface area contributed by atoms with Crippen molar-refractivity contribution in [3.63, 3.8) is 0 Å². The van der Waals surface area contributed by atoms with Crippen LogP contribution in [0.3, 0.4) is 0 Å². The SMILES string of the molecule is CCCCCC(NC(=O)Cc1cn2ccsc2n1)c1ccccc1. The summed E-state index contributed by atoms with van der Waals surface area (Å²) in [5.74, 6) is 0.0334. The topological polar surface area (TPSA) is 46.4 Å². The summed E-state index contributed by atoms with van der Waals surface area (Å²) in [6.07, 6.45) is 8.69. The molecular weight excluding hydrogens is 318 g/mol. The first-order chi connectivity index (χ1) is 11.8. The maximum atomic E-state index is 12.5. The molecule has 1 atom stereocenters. The van der Waals surface area contributed by atoms with Gasteiger partial charge in [-0.05, 0) is 12.0 Å². The molecule has 2 heterocycles. The van der Waals surface area contributed by atoms with Crippen LogP contribution >= 0.6 is 11.3 Å². The normalized spacial score (nSPS) is 12.4. The van der Waals surface area contributed by atoms with Crippen LogP contribution in [-0.4, -0.2) is 15.3 Å². The third kappa shape index (κ3) is 4.23. The standard InChI is InChI=1S/C19H23N3OS/c1-2-3-5-10-17(15-8-6-4-7-9-15)21-18(23)13-16-14-22-11-12-24-19(22)20-16/h4,6-9,11-12,14,17H,2-3,5,10,13H2,1H3,(H,21,23). The molecule has 3 rings (SSSR count). The zero-order chi connectivity index (χ0) is 16.8. The number of hydrogen-bond donors (Lipinski definition) is 1. The molecule has 0 radical (unpaired) electrons. The van der Waals surface area contributed by atoms with Gasteiger partial charge in [-0.3, -0.25) is 9.20 Å². The van der Waals surface area contributed by atoms with Crippen LogP contribution in [0.25, 0.3) is 4.96 Å². The molecule has 1 aromatic carbocycles. The van der Waals surface area contributed by atoms with Crippen molar-refractivity contribution in [2.45, 2.75) is 45.1 Å². The van der Waals surface area contributed by atoms with Crippen molar-refractivity contribution in [2.75, 3.05) is 0 Å². The third-order valence-electron chi connectivity index (χ3n) is 4.12. The van der Waals surface area contributed by atoms with Crippen molar-refractivity contribution in [3.8, 4) is 0 Å². The Morgan fingerprint density at radius 3 is 2.88 bits per heavy atom. The van der Waals surface area contributed by atoms with Gasteiger partial charge in [-0.25, -0.2) is 4.98 Å². The average molecular weight is 341 g/mol. The van der Waals surface area contributed by atoms with E-state index in [2.05, 4.69) is 29.4 Å². The van der Waals surface area contributed by atoms with Gasteiger partial charge in [-0.2, -0.15) is 0 Å². The molecule has 0 saturated heterocycles. The summed E-state index contributed by atoms with van der Waals surface area (Å²) < 4.78 is 1.96. The number of nitrogens with zero attached hydrogens (tertiary/aromatic N) is 2. The van der Waals surface area contributed by atoms with Gasteiger partial charge in [0.15, 0.2) is 4.96 Å². The van der Waals surface area contributed by atoms with Crippen LogP contribution in [0.5, 0.6) is 0 Å². The number of unbranched alkanes of at least 4 members (excludes halogenated alkanes) is 2. The van der Waals surface area contributed by atoms with Gasteiger partial charge in [0.2, 0.25) is 5.91 Å². The van der Waals surface area contributed by atoms with Crippen molar-refractivity contribution in [3.05, 3.63) is 59.4 Å². The molecule has 4 nitrogen and oxygen atoms in total. The molecule has 126 valence electrons. The fourth-order valence-corrected chi connectivity index (χ4v) is 3.60. The van der Waals surface area contributed by atoms with E-state index in [1.54, 1.807) is 11.3 Å². The minimum Gasteiger partial charge on any atom is -0.349 e. The molecule has 0 aliphatic heterocycles. The van der Waals surface area contributed by atoms with Crippen LogP contribution < -0.4 is 5.32 Å². The molecule has 5 heteroatoms. The number of carbonyl (C=O) groups is 1. The van der Waals surface area contributed by atoms with Gasteiger partial charge in [-0.15, -0.1) is 11.3 Å². The van der Waals surface area contributed by atoms with E-state index in [-0.39, 0.29) is 11.9 Å². The van der Waals surface area contributed by atoms with Crippen molar-refractivity contribution < 1.29 is 4.79 Å². The monoisotopic (exact) mass is 341 g/mol. The lowest BCUT2D eigenvalue weighted by Crippen LogP contribution is -2.30. The number of amides is 1. The highest BCUT2D eigenvalue weighted by Gasteiger charge is 2.15. The van der Waals surface area contributed by atoms with E-state index >= 15 is 0 Å². The predicted molar refractivity (Wildman–Crippen MR) is 98.2 cm³/mol. The van der Waals surface area contributed by atoms with Gasteiger partial charge in [0.25, 0.3) is 0 Å².